The molecule has 3 heteroatoms. The maximum atomic E-state index is 5.27. The van der Waals surface area contributed by atoms with Crippen molar-refractivity contribution in [2.45, 2.75) is 51.0 Å². The molecule has 1 N–H and O–H groups in total. The summed E-state index contributed by atoms with van der Waals surface area (Å²) < 4.78 is 5.27. The molecule has 0 aromatic carbocycles. The molecule has 20 heavy (non-hydrogen) atoms. The summed E-state index contributed by atoms with van der Waals surface area (Å²) in [7, 11) is 1.82. The Hall–Kier alpha value is -0.380. The van der Waals surface area contributed by atoms with Crippen LogP contribution in [0.3, 0.4) is 0 Å². The summed E-state index contributed by atoms with van der Waals surface area (Å²) in [6.45, 7) is 2.09. The Morgan fingerprint density at radius 3 is 2.80 bits per heavy atom. The van der Waals surface area contributed by atoms with Gasteiger partial charge in [0.25, 0.3) is 0 Å². The van der Waals surface area contributed by atoms with E-state index in [4.69, 9.17) is 4.74 Å². The molecule has 0 radical (unpaired) electrons. The van der Waals surface area contributed by atoms with E-state index in [1.807, 2.05) is 18.4 Å². The van der Waals surface area contributed by atoms with Gasteiger partial charge in [0.15, 0.2) is 0 Å². The molecule has 1 atom stereocenters. The van der Waals surface area contributed by atoms with Crippen LogP contribution in [0.2, 0.25) is 0 Å². The lowest BCUT2D eigenvalue weighted by atomic mass is 9.95. The summed E-state index contributed by atoms with van der Waals surface area (Å²) in [6, 6.07) is 5.11. The van der Waals surface area contributed by atoms with Gasteiger partial charge in [-0.15, -0.1) is 11.3 Å². The van der Waals surface area contributed by atoms with E-state index < -0.39 is 0 Å². The SMILES string of the molecule is COCCC1(CNC(c2cccs2)C2CCCC2)CC1. The van der Waals surface area contributed by atoms with Gasteiger partial charge >= 0.3 is 0 Å². The molecule has 0 spiro atoms. The van der Waals surface area contributed by atoms with Crippen LogP contribution in [0.25, 0.3) is 0 Å². The maximum Gasteiger partial charge on any atom is 0.0468 e. The minimum absolute atomic E-state index is 0.546. The van der Waals surface area contributed by atoms with Crippen LogP contribution in [-0.2, 0) is 4.74 Å². The highest BCUT2D eigenvalue weighted by atomic mass is 32.1. The monoisotopic (exact) mass is 293 g/mol. The Bertz CT molecular complexity index is 393. The van der Waals surface area contributed by atoms with Crippen molar-refractivity contribution in [2.24, 2.45) is 11.3 Å². The van der Waals surface area contributed by atoms with Gasteiger partial charge in [-0.3, -0.25) is 0 Å². The number of rotatable bonds is 8. The molecule has 1 heterocycles. The lowest BCUT2D eigenvalue weighted by molar-refractivity contribution is 0.168. The molecule has 2 saturated carbocycles. The number of hydrogen-bond donors (Lipinski definition) is 1. The van der Waals surface area contributed by atoms with Gasteiger partial charge in [0.2, 0.25) is 0 Å². The quantitative estimate of drug-likeness (QED) is 0.767. The Balaban J connectivity index is 1.59. The van der Waals surface area contributed by atoms with Gasteiger partial charge in [-0.25, -0.2) is 0 Å². The van der Waals surface area contributed by atoms with Crippen LogP contribution < -0.4 is 5.32 Å². The summed E-state index contributed by atoms with van der Waals surface area (Å²) in [5, 5.41) is 6.15. The highest BCUT2D eigenvalue weighted by molar-refractivity contribution is 7.10. The Labute approximate surface area is 126 Å². The first-order chi connectivity index (χ1) is 9.83. The van der Waals surface area contributed by atoms with Crippen LogP contribution in [0.5, 0.6) is 0 Å². The van der Waals surface area contributed by atoms with Crippen LogP contribution >= 0.6 is 11.3 Å². The Morgan fingerprint density at radius 1 is 1.40 bits per heavy atom. The molecular weight excluding hydrogens is 266 g/mol. The molecule has 0 amide bonds. The maximum absolute atomic E-state index is 5.27. The zero-order valence-corrected chi connectivity index (χ0v) is 13.4. The summed E-state index contributed by atoms with van der Waals surface area (Å²) in [5.74, 6) is 0.854. The van der Waals surface area contributed by atoms with Crippen LogP contribution in [0.15, 0.2) is 17.5 Å². The van der Waals surface area contributed by atoms with E-state index in [0.29, 0.717) is 11.5 Å². The molecule has 2 aliphatic rings. The number of methoxy groups -OCH3 is 1. The zero-order valence-electron chi connectivity index (χ0n) is 12.6. The van der Waals surface area contributed by atoms with Gasteiger partial charge in [-0.1, -0.05) is 18.9 Å². The van der Waals surface area contributed by atoms with Crippen molar-refractivity contribution in [2.75, 3.05) is 20.3 Å². The number of nitrogens with one attached hydrogen (secondary N) is 1. The molecule has 112 valence electrons. The van der Waals surface area contributed by atoms with E-state index in [9.17, 15) is 0 Å². The van der Waals surface area contributed by atoms with Crippen molar-refractivity contribution in [3.63, 3.8) is 0 Å². The molecule has 0 aliphatic heterocycles. The number of ether oxygens (including phenoxy) is 1. The standard InChI is InChI=1S/C17H27NOS/c1-19-11-10-17(8-9-17)13-18-16(14-5-2-3-6-14)15-7-4-12-20-15/h4,7,12,14,16,18H,2-3,5-6,8-11,13H2,1H3. The van der Waals surface area contributed by atoms with Gasteiger partial charge in [-0.2, -0.15) is 0 Å². The van der Waals surface area contributed by atoms with E-state index in [1.54, 1.807) is 4.88 Å². The second-order valence-corrected chi connectivity index (χ2v) is 7.64. The first-order valence-electron chi connectivity index (χ1n) is 8.09. The molecule has 1 aromatic rings. The third-order valence-corrected chi connectivity index (χ3v) is 6.17. The summed E-state index contributed by atoms with van der Waals surface area (Å²) >= 11 is 1.92. The molecular formula is C17H27NOS. The largest absolute Gasteiger partial charge is 0.385 e. The molecule has 0 bridgehead atoms. The molecule has 0 saturated heterocycles. The van der Waals surface area contributed by atoms with Gasteiger partial charge in [0, 0.05) is 31.2 Å². The van der Waals surface area contributed by atoms with E-state index in [-0.39, 0.29) is 0 Å². The van der Waals surface area contributed by atoms with Crippen LogP contribution in [0.1, 0.15) is 55.9 Å². The van der Waals surface area contributed by atoms with Gasteiger partial charge < -0.3 is 10.1 Å². The molecule has 1 unspecified atom stereocenters. The Morgan fingerprint density at radius 2 is 2.20 bits per heavy atom. The van der Waals surface area contributed by atoms with E-state index >= 15 is 0 Å². The summed E-state index contributed by atoms with van der Waals surface area (Å²) in [4.78, 5) is 1.54. The van der Waals surface area contributed by atoms with Crippen molar-refractivity contribution in [3.8, 4) is 0 Å². The third kappa shape index (κ3) is 3.44. The predicted octanol–water partition coefficient (Wildman–Crippen LogP) is 4.39. The number of thiophene rings is 1. The Kier molecular flexibility index (Phi) is 4.79. The predicted molar refractivity (Wildman–Crippen MR) is 85.2 cm³/mol. The zero-order chi connectivity index (χ0) is 13.8. The highest BCUT2D eigenvalue weighted by Gasteiger charge is 2.42. The lowest BCUT2D eigenvalue weighted by Gasteiger charge is -2.26. The minimum Gasteiger partial charge on any atom is -0.385 e. The average Bonchev–Trinajstić information content (AvgIpc) is 2.91. The van der Waals surface area contributed by atoms with Crippen molar-refractivity contribution in [3.05, 3.63) is 22.4 Å². The second kappa shape index (κ2) is 6.59. The molecule has 2 aliphatic carbocycles. The lowest BCUT2D eigenvalue weighted by Crippen LogP contribution is -2.32. The molecule has 1 aromatic heterocycles. The van der Waals surface area contributed by atoms with Crippen LogP contribution in [0, 0.1) is 11.3 Å². The van der Waals surface area contributed by atoms with Crippen LogP contribution in [-0.4, -0.2) is 20.3 Å². The van der Waals surface area contributed by atoms with E-state index in [0.717, 1.165) is 12.5 Å². The normalized spacial score (nSPS) is 23.1. The van der Waals surface area contributed by atoms with Crippen molar-refractivity contribution < 1.29 is 4.74 Å². The molecule has 3 rings (SSSR count). The van der Waals surface area contributed by atoms with Crippen molar-refractivity contribution in [1.29, 1.82) is 0 Å². The average molecular weight is 293 g/mol. The van der Waals surface area contributed by atoms with E-state index in [2.05, 4.69) is 22.8 Å². The van der Waals surface area contributed by atoms with Crippen molar-refractivity contribution in [1.82, 2.24) is 5.32 Å². The molecule has 2 nitrogen and oxygen atoms in total. The van der Waals surface area contributed by atoms with Gasteiger partial charge in [0.05, 0.1) is 0 Å². The second-order valence-electron chi connectivity index (χ2n) is 6.66. The van der Waals surface area contributed by atoms with Crippen LogP contribution in [0.4, 0.5) is 0 Å². The first-order valence-corrected chi connectivity index (χ1v) is 8.97. The van der Waals surface area contributed by atoms with Gasteiger partial charge in [0.1, 0.15) is 0 Å². The fourth-order valence-corrected chi connectivity index (χ4v) is 4.49. The highest BCUT2D eigenvalue weighted by Crippen LogP contribution is 2.49. The molecule has 2 fully saturated rings. The smallest absolute Gasteiger partial charge is 0.0468 e. The fourth-order valence-electron chi connectivity index (χ4n) is 3.60. The summed E-state index contributed by atoms with van der Waals surface area (Å²) in [6.07, 6.45) is 9.63. The van der Waals surface area contributed by atoms with Crippen molar-refractivity contribution >= 4 is 11.3 Å². The third-order valence-electron chi connectivity index (χ3n) is 5.21. The summed E-state index contributed by atoms with van der Waals surface area (Å²) in [5.41, 5.74) is 0.546. The van der Waals surface area contributed by atoms with E-state index in [1.165, 1.54) is 51.5 Å². The number of hydrogen-bond acceptors (Lipinski definition) is 3. The minimum atomic E-state index is 0.546. The topological polar surface area (TPSA) is 21.3 Å². The van der Waals surface area contributed by atoms with Gasteiger partial charge in [-0.05, 0) is 54.9 Å². The first kappa shape index (κ1) is 14.6. The fraction of sp³-hybridized carbons (Fsp3) is 0.765.